The molecule has 204 valence electrons. The summed E-state index contributed by atoms with van der Waals surface area (Å²) >= 11 is 0. The molecule has 0 aliphatic heterocycles. The summed E-state index contributed by atoms with van der Waals surface area (Å²) in [6.45, 7) is 4.12. The first-order chi connectivity index (χ1) is 18.8. The van der Waals surface area contributed by atoms with Crippen LogP contribution in [0.4, 0.5) is 0 Å². The third-order valence-corrected chi connectivity index (χ3v) is 6.07. The van der Waals surface area contributed by atoms with E-state index in [-0.39, 0.29) is 18.8 Å². The average molecular weight is 535 g/mol. The highest BCUT2D eigenvalue weighted by Crippen LogP contribution is 2.40. The van der Waals surface area contributed by atoms with Crippen molar-refractivity contribution < 1.29 is 37.8 Å². The summed E-state index contributed by atoms with van der Waals surface area (Å²) in [5, 5.41) is 2.29. The van der Waals surface area contributed by atoms with Gasteiger partial charge in [0.25, 0.3) is 0 Å². The quantitative estimate of drug-likeness (QED) is 0.201. The maximum Gasteiger partial charge on any atom is 0.344 e. The number of esters is 2. The van der Waals surface area contributed by atoms with Crippen LogP contribution in [0.3, 0.4) is 0 Å². The van der Waals surface area contributed by atoms with Gasteiger partial charge in [-0.25, -0.2) is 14.6 Å². The van der Waals surface area contributed by atoms with Gasteiger partial charge in [-0.3, -0.25) is 9.59 Å². The Balaban J connectivity index is 1.45. The van der Waals surface area contributed by atoms with Crippen molar-refractivity contribution in [2.75, 3.05) is 13.2 Å². The van der Waals surface area contributed by atoms with Crippen molar-refractivity contribution in [3.63, 3.8) is 0 Å². The second-order valence-corrected chi connectivity index (χ2v) is 9.12. The summed E-state index contributed by atoms with van der Waals surface area (Å²) in [7, 11) is 0. The Hall–Kier alpha value is -4.47. The van der Waals surface area contributed by atoms with E-state index in [0.29, 0.717) is 17.4 Å². The minimum absolute atomic E-state index is 0.0547. The summed E-state index contributed by atoms with van der Waals surface area (Å²) in [5.74, 6) is -1.12. The standard InChI is InChI=1S/C29H30N2O8/c1-4-36-27(34)29(31-18(3)32,28(35)37-5-2)16-25(33)20-10-14-23(15-11-20)39-22-12-8-19(9-13-22)24-17-38-26(30-24)21-6-7-21/h8-15,17,21H,4-7,16H2,1-3H3,(H,31,32). The van der Waals surface area contributed by atoms with Crippen LogP contribution in [0.25, 0.3) is 11.3 Å². The zero-order valence-corrected chi connectivity index (χ0v) is 22.0. The van der Waals surface area contributed by atoms with Gasteiger partial charge in [-0.2, -0.15) is 0 Å². The minimum Gasteiger partial charge on any atom is -0.464 e. The summed E-state index contributed by atoms with van der Waals surface area (Å²) < 4.78 is 21.5. The van der Waals surface area contributed by atoms with E-state index >= 15 is 0 Å². The molecule has 0 atom stereocenters. The smallest absolute Gasteiger partial charge is 0.344 e. The third-order valence-electron chi connectivity index (χ3n) is 6.07. The zero-order chi connectivity index (χ0) is 28.0. The number of hydrogen-bond donors (Lipinski definition) is 1. The zero-order valence-electron chi connectivity index (χ0n) is 22.0. The van der Waals surface area contributed by atoms with E-state index in [0.717, 1.165) is 36.9 Å². The van der Waals surface area contributed by atoms with Crippen LogP contribution < -0.4 is 10.1 Å². The van der Waals surface area contributed by atoms with E-state index in [1.165, 1.54) is 12.1 Å². The highest BCUT2D eigenvalue weighted by atomic mass is 16.6. The molecule has 0 saturated heterocycles. The summed E-state index contributed by atoms with van der Waals surface area (Å²) in [4.78, 5) is 55.1. The molecular formula is C29H30N2O8. The molecule has 1 fully saturated rings. The van der Waals surface area contributed by atoms with Crippen LogP contribution in [0.1, 0.15) is 62.2 Å². The molecule has 3 aromatic rings. The maximum absolute atomic E-state index is 13.1. The number of ketones is 1. The predicted molar refractivity (Wildman–Crippen MR) is 139 cm³/mol. The van der Waals surface area contributed by atoms with E-state index in [9.17, 15) is 19.2 Å². The average Bonchev–Trinajstić information content (AvgIpc) is 3.65. The number of rotatable bonds is 12. The Bertz CT molecular complexity index is 1320. The van der Waals surface area contributed by atoms with Crippen LogP contribution in [0.5, 0.6) is 11.5 Å². The highest BCUT2D eigenvalue weighted by Gasteiger charge is 2.51. The molecule has 1 heterocycles. The van der Waals surface area contributed by atoms with Crippen LogP contribution in [-0.4, -0.2) is 47.4 Å². The van der Waals surface area contributed by atoms with Crippen molar-refractivity contribution in [2.45, 2.75) is 51.5 Å². The molecule has 1 amide bonds. The predicted octanol–water partition coefficient (Wildman–Crippen LogP) is 4.59. The molecule has 0 spiro atoms. The first kappa shape index (κ1) is 27.6. The van der Waals surface area contributed by atoms with E-state index in [4.69, 9.17) is 18.6 Å². The van der Waals surface area contributed by atoms with Gasteiger partial charge in [-0.05, 0) is 75.2 Å². The van der Waals surface area contributed by atoms with E-state index < -0.39 is 35.6 Å². The van der Waals surface area contributed by atoms with Crippen molar-refractivity contribution in [3.8, 4) is 22.8 Å². The van der Waals surface area contributed by atoms with Gasteiger partial charge >= 0.3 is 11.9 Å². The van der Waals surface area contributed by atoms with E-state index in [1.807, 2.05) is 12.1 Å². The number of nitrogens with one attached hydrogen (secondary N) is 1. The van der Waals surface area contributed by atoms with Crippen molar-refractivity contribution in [2.24, 2.45) is 0 Å². The van der Waals surface area contributed by atoms with E-state index in [2.05, 4.69) is 10.3 Å². The van der Waals surface area contributed by atoms with Crippen molar-refractivity contribution in [3.05, 3.63) is 66.2 Å². The van der Waals surface area contributed by atoms with Crippen LogP contribution >= 0.6 is 0 Å². The third kappa shape index (κ3) is 6.51. The lowest BCUT2D eigenvalue weighted by atomic mass is 9.89. The summed E-state index contributed by atoms with van der Waals surface area (Å²) in [5.41, 5.74) is -0.412. The largest absolute Gasteiger partial charge is 0.464 e. The van der Waals surface area contributed by atoms with Gasteiger partial charge in [0, 0.05) is 24.0 Å². The fourth-order valence-electron chi connectivity index (χ4n) is 4.00. The molecule has 1 aliphatic rings. The number of Topliss-reactive ketones (excluding diaryl/α,β-unsaturated/α-hetero) is 1. The number of oxazole rings is 1. The van der Waals surface area contributed by atoms with Gasteiger partial charge in [0.2, 0.25) is 11.4 Å². The van der Waals surface area contributed by atoms with Crippen LogP contribution in [0.2, 0.25) is 0 Å². The van der Waals surface area contributed by atoms with Gasteiger partial charge in [-0.1, -0.05) is 0 Å². The molecule has 0 radical (unpaired) electrons. The normalized spacial score (nSPS) is 12.9. The number of carbonyl (C=O) groups is 4. The molecule has 10 heteroatoms. The van der Waals surface area contributed by atoms with Crippen molar-refractivity contribution >= 4 is 23.6 Å². The Morgan fingerprint density at radius 3 is 2.00 bits per heavy atom. The summed E-state index contributed by atoms with van der Waals surface area (Å²) in [6, 6.07) is 13.6. The molecule has 0 unspecified atom stereocenters. The van der Waals surface area contributed by atoms with E-state index in [1.54, 1.807) is 44.4 Å². The molecule has 10 nitrogen and oxygen atoms in total. The lowest BCUT2D eigenvalue weighted by Crippen LogP contribution is -2.62. The molecule has 1 aliphatic carbocycles. The van der Waals surface area contributed by atoms with Gasteiger partial charge in [0.05, 0.1) is 19.6 Å². The van der Waals surface area contributed by atoms with Crippen LogP contribution in [0.15, 0.2) is 59.2 Å². The lowest BCUT2D eigenvalue weighted by molar-refractivity contribution is -0.167. The first-order valence-electron chi connectivity index (χ1n) is 12.8. The maximum atomic E-state index is 13.1. The second-order valence-electron chi connectivity index (χ2n) is 9.12. The fourth-order valence-corrected chi connectivity index (χ4v) is 4.00. The van der Waals surface area contributed by atoms with Crippen molar-refractivity contribution in [1.29, 1.82) is 0 Å². The Morgan fingerprint density at radius 2 is 1.49 bits per heavy atom. The molecule has 1 saturated carbocycles. The Kier molecular flexibility index (Phi) is 8.43. The molecule has 0 bridgehead atoms. The summed E-state index contributed by atoms with van der Waals surface area (Å²) in [6.07, 6.45) is 3.22. The van der Waals surface area contributed by atoms with Gasteiger partial charge < -0.3 is 23.9 Å². The molecule has 2 aromatic carbocycles. The van der Waals surface area contributed by atoms with Crippen LogP contribution in [0, 0.1) is 0 Å². The lowest BCUT2D eigenvalue weighted by Gasteiger charge is -2.29. The topological polar surface area (TPSA) is 134 Å². The highest BCUT2D eigenvalue weighted by molar-refractivity contribution is 6.13. The number of nitrogens with zero attached hydrogens (tertiary/aromatic N) is 1. The number of carbonyl (C=O) groups excluding carboxylic acids is 4. The fraction of sp³-hybridized carbons (Fsp3) is 0.345. The minimum atomic E-state index is -2.30. The monoisotopic (exact) mass is 534 g/mol. The van der Waals surface area contributed by atoms with Gasteiger partial charge in [0.15, 0.2) is 11.7 Å². The molecule has 39 heavy (non-hydrogen) atoms. The number of amides is 1. The van der Waals surface area contributed by atoms with Gasteiger partial charge in [0.1, 0.15) is 23.5 Å². The molecule has 4 rings (SSSR count). The van der Waals surface area contributed by atoms with Crippen molar-refractivity contribution in [1.82, 2.24) is 10.3 Å². The number of aromatic nitrogens is 1. The van der Waals surface area contributed by atoms with Gasteiger partial charge in [-0.15, -0.1) is 0 Å². The molecule has 1 N–H and O–H groups in total. The number of benzene rings is 2. The molecular weight excluding hydrogens is 504 g/mol. The SMILES string of the molecule is CCOC(=O)C(CC(=O)c1ccc(Oc2ccc(-c3coc(C4CC4)n3)cc2)cc1)(NC(C)=O)C(=O)OCC. The number of hydrogen-bond acceptors (Lipinski definition) is 9. The van der Waals surface area contributed by atoms with Crippen LogP contribution in [-0.2, 0) is 23.9 Å². The Labute approximate surface area is 225 Å². The Morgan fingerprint density at radius 1 is 0.923 bits per heavy atom. The molecule has 1 aromatic heterocycles. The number of ether oxygens (including phenoxy) is 3. The first-order valence-corrected chi connectivity index (χ1v) is 12.8. The second kappa shape index (κ2) is 11.9.